The van der Waals surface area contributed by atoms with Gasteiger partial charge in [0.05, 0.1) is 6.54 Å². The predicted octanol–water partition coefficient (Wildman–Crippen LogP) is 1.88. The van der Waals surface area contributed by atoms with E-state index < -0.39 is 0 Å². The molecule has 92 valence electrons. The molecule has 0 aliphatic rings. The van der Waals surface area contributed by atoms with Gasteiger partial charge in [-0.3, -0.25) is 4.68 Å². The molecular formula is C12H17ClN4. The summed E-state index contributed by atoms with van der Waals surface area (Å²) in [7, 11) is 0. The van der Waals surface area contributed by atoms with E-state index in [2.05, 4.69) is 46.6 Å². The molecule has 1 aromatic carbocycles. The molecule has 0 aliphatic heterocycles. The van der Waals surface area contributed by atoms with Crippen LogP contribution in [0.3, 0.4) is 0 Å². The summed E-state index contributed by atoms with van der Waals surface area (Å²) in [5.74, 6) is 0. The normalized spacial score (nSPS) is 11.8. The molecule has 0 saturated heterocycles. The summed E-state index contributed by atoms with van der Waals surface area (Å²) >= 11 is 0. The molecule has 2 aromatic rings. The first kappa shape index (κ1) is 13.7. The van der Waals surface area contributed by atoms with E-state index in [0.29, 0.717) is 6.04 Å². The molecule has 0 saturated carbocycles. The Labute approximate surface area is 107 Å². The molecule has 0 amide bonds. The van der Waals surface area contributed by atoms with Gasteiger partial charge in [0.1, 0.15) is 12.7 Å². The Balaban J connectivity index is 0.00000144. The van der Waals surface area contributed by atoms with Crippen LogP contribution >= 0.6 is 12.4 Å². The molecule has 0 fully saturated rings. The molecule has 1 heterocycles. The zero-order valence-corrected chi connectivity index (χ0v) is 10.6. The van der Waals surface area contributed by atoms with Crippen molar-refractivity contribution >= 4 is 12.4 Å². The molecule has 0 bridgehead atoms. The molecule has 4 nitrogen and oxygen atoms in total. The van der Waals surface area contributed by atoms with Gasteiger partial charge in [-0.2, -0.15) is 5.10 Å². The molecule has 1 N–H and O–H groups in total. The fourth-order valence-corrected chi connectivity index (χ4v) is 1.56. The van der Waals surface area contributed by atoms with Crippen LogP contribution in [-0.4, -0.2) is 20.8 Å². The molecule has 1 atom stereocenters. The van der Waals surface area contributed by atoms with Crippen LogP contribution in [0.25, 0.3) is 0 Å². The van der Waals surface area contributed by atoms with Crippen LogP contribution in [-0.2, 0) is 13.1 Å². The van der Waals surface area contributed by atoms with Crippen LogP contribution in [0.1, 0.15) is 12.5 Å². The third-order valence-electron chi connectivity index (χ3n) is 2.42. The van der Waals surface area contributed by atoms with Crippen molar-refractivity contribution in [2.75, 3.05) is 0 Å². The summed E-state index contributed by atoms with van der Waals surface area (Å²) in [6, 6.07) is 10.8. The average Bonchev–Trinajstić information content (AvgIpc) is 2.81. The van der Waals surface area contributed by atoms with Crippen molar-refractivity contribution in [3.05, 3.63) is 48.5 Å². The van der Waals surface area contributed by atoms with E-state index in [0.717, 1.165) is 13.1 Å². The third-order valence-corrected chi connectivity index (χ3v) is 2.42. The summed E-state index contributed by atoms with van der Waals surface area (Å²) in [5.41, 5.74) is 1.30. The zero-order valence-electron chi connectivity index (χ0n) is 9.78. The van der Waals surface area contributed by atoms with Gasteiger partial charge in [0.2, 0.25) is 0 Å². The second kappa shape index (κ2) is 7.04. The Hall–Kier alpha value is -1.39. The maximum absolute atomic E-state index is 4.08. The SMILES string of the molecule is CC(Cn1cncn1)NCc1ccccc1.Cl. The van der Waals surface area contributed by atoms with E-state index in [1.807, 2.05) is 10.7 Å². The van der Waals surface area contributed by atoms with E-state index in [9.17, 15) is 0 Å². The van der Waals surface area contributed by atoms with Crippen molar-refractivity contribution in [1.29, 1.82) is 0 Å². The monoisotopic (exact) mass is 252 g/mol. The largest absolute Gasteiger partial charge is 0.308 e. The molecule has 1 unspecified atom stereocenters. The van der Waals surface area contributed by atoms with Crippen molar-refractivity contribution in [1.82, 2.24) is 20.1 Å². The average molecular weight is 253 g/mol. The number of hydrogen-bond donors (Lipinski definition) is 1. The Kier molecular flexibility index (Phi) is 5.66. The first-order valence-electron chi connectivity index (χ1n) is 5.44. The van der Waals surface area contributed by atoms with Gasteiger partial charge in [-0.05, 0) is 12.5 Å². The number of hydrogen-bond acceptors (Lipinski definition) is 3. The summed E-state index contributed by atoms with van der Waals surface area (Å²) in [4.78, 5) is 3.92. The summed E-state index contributed by atoms with van der Waals surface area (Å²) in [5, 5.41) is 7.53. The third kappa shape index (κ3) is 4.54. The fourth-order valence-electron chi connectivity index (χ4n) is 1.56. The second-order valence-corrected chi connectivity index (χ2v) is 3.89. The number of nitrogens with one attached hydrogen (secondary N) is 1. The van der Waals surface area contributed by atoms with E-state index in [4.69, 9.17) is 0 Å². The van der Waals surface area contributed by atoms with Crippen LogP contribution < -0.4 is 5.32 Å². The van der Waals surface area contributed by atoms with E-state index in [-0.39, 0.29) is 12.4 Å². The number of halogens is 1. The lowest BCUT2D eigenvalue weighted by molar-refractivity contribution is 0.450. The van der Waals surface area contributed by atoms with Crippen LogP contribution in [0.5, 0.6) is 0 Å². The second-order valence-electron chi connectivity index (χ2n) is 3.89. The lowest BCUT2D eigenvalue weighted by Gasteiger charge is -2.13. The summed E-state index contributed by atoms with van der Waals surface area (Å²) in [6.45, 7) is 3.87. The molecule has 0 aliphatic carbocycles. The number of nitrogens with zero attached hydrogens (tertiary/aromatic N) is 3. The lowest BCUT2D eigenvalue weighted by Crippen LogP contribution is -2.30. The topological polar surface area (TPSA) is 42.7 Å². The van der Waals surface area contributed by atoms with E-state index in [1.54, 1.807) is 12.7 Å². The minimum atomic E-state index is 0. The lowest BCUT2D eigenvalue weighted by atomic mass is 10.2. The molecule has 0 radical (unpaired) electrons. The summed E-state index contributed by atoms with van der Waals surface area (Å²) in [6.07, 6.45) is 3.30. The fraction of sp³-hybridized carbons (Fsp3) is 0.333. The predicted molar refractivity (Wildman–Crippen MR) is 70.0 cm³/mol. The van der Waals surface area contributed by atoms with E-state index >= 15 is 0 Å². The Morgan fingerprint density at radius 2 is 2.06 bits per heavy atom. The van der Waals surface area contributed by atoms with Gasteiger partial charge in [0, 0.05) is 12.6 Å². The molecule has 0 spiro atoms. The first-order valence-corrected chi connectivity index (χ1v) is 5.44. The van der Waals surface area contributed by atoms with Gasteiger partial charge in [0.15, 0.2) is 0 Å². The van der Waals surface area contributed by atoms with Crippen LogP contribution in [0.4, 0.5) is 0 Å². The van der Waals surface area contributed by atoms with Gasteiger partial charge < -0.3 is 5.32 Å². The van der Waals surface area contributed by atoms with E-state index in [1.165, 1.54) is 5.56 Å². The zero-order chi connectivity index (χ0) is 11.2. The van der Waals surface area contributed by atoms with Crippen molar-refractivity contribution < 1.29 is 0 Å². The highest BCUT2D eigenvalue weighted by atomic mass is 35.5. The van der Waals surface area contributed by atoms with Crippen LogP contribution in [0.15, 0.2) is 43.0 Å². The quantitative estimate of drug-likeness (QED) is 0.884. The Morgan fingerprint density at radius 1 is 1.29 bits per heavy atom. The van der Waals surface area contributed by atoms with Gasteiger partial charge in [-0.1, -0.05) is 30.3 Å². The van der Waals surface area contributed by atoms with Crippen molar-refractivity contribution in [2.45, 2.75) is 26.1 Å². The molecular weight excluding hydrogens is 236 g/mol. The maximum Gasteiger partial charge on any atom is 0.137 e. The maximum atomic E-state index is 4.08. The number of rotatable bonds is 5. The van der Waals surface area contributed by atoms with Gasteiger partial charge in [-0.25, -0.2) is 4.98 Å². The highest BCUT2D eigenvalue weighted by Crippen LogP contribution is 1.98. The van der Waals surface area contributed by atoms with Crippen LogP contribution in [0.2, 0.25) is 0 Å². The Bertz CT molecular complexity index is 402. The molecule has 1 aromatic heterocycles. The number of benzene rings is 1. The van der Waals surface area contributed by atoms with Gasteiger partial charge in [0.25, 0.3) is 0 Å². The van der Waals surface area contributed by atoms with Crippen molar-refractivity contribution in [3.63, 3.8) is 0 Å². The molecule has 17 heavy (non-hydrogen) atoms. The standard InChI is InChI=1S/C12H16N4.ClH/c1-11(8-16-10-13-9-15-16)14-7-12-5-3-2-4-6-12;/h2-6,9-11,14H,7-8H2,1H3;1H. The minimum absolute atomic E-state index is 0. The highest BCUT2D eigenvalue weighted by molar-refractivity contribution is 5.85. The van der Waals surface area contributed by atoms with Gasteiger partial charge >= 0.3 is 0 Å². The highest BCUT2D eigenvalue weighted by Gasteiger charge is 2.02. The molecule has 2 rings (SSSR count). The molecule has 5 heteroatoms. The van der Waals surface area contributed by atoms with Crippen molar-refractivity contribution in [2.24, 2.45) is 0 Å². The van der Waals surface area contributed by atoms with Gasteiger partial charge in [-0.15, -0.1) is 12.4 Å². The van der Waals surface area contributed by atoms with Crippen LogP contribution in [0, 0.1) is 0 Å². The smallest absolute Gasteiger partial charge is 0.137 e. The first-order chi connectivity index (χ1) is 7.84. The summed E-state index contributed by atoms with van der Waals surface area (Å²) < 4.78 is 1.84. The minimum Gasteiger partial charge on any atom is -0.308 e. The Morgan fingerprint density at radius 3 is 2.71 bits per heavy atom. The van der Waals surface area contributed by atoms with Crippen molar-refractivity contribution in [3.8, 4) is 0 Å². The number of aromatic nitrogens is 3.